The van der Waals surface area contributed by atoms with Crippen molar-refractivity contribution in [3.05, 3.63) is 24.3 Å². The Morgan fingerprint density at radius 3 is 2.65 bits per heavy atom. The van der Waals surface area contributed by atoms with E-state index >= 15 is 0 Å². The zero-order chi connectivity index (χ0) is 14.4. The number of hydrogen-bond donors (Lipinski definition) is 2. The molecule has 0 radical (unpaired) electrons. The van der Waals surface area contributed by atoms with E-state index in [1.165, 1.54) is 12.1 Å². The monoisotopic (exact) mass is 299 g/mol. The van der Waals surface area contributed by atoms with E-state index in [0.29, 0.717) is 12.4 Å². The normalized spacial score (nSPS) is 17.6. The molecule has 0 aliphatic carbocycles. The van der Waals surface area contributed by atoms with Crippen molar-refractivity contribution in [3.8, 4) is 5.75 Å². The lowest BCUT2D eigenvalue weighted by Gasteiger charge is -2.19. The minimum atomic E-state index is -3.63. The summed E-state index contributed by atoms with van der Waals surface area (Å²) in [4.78, 5) is 2.46. The van der Waals surface area contributed by atoms with Gasteiger partial charge in [-0.2, -0.15) is 0 Å². The van der Waals surface area contributed by atoms with Crippen LogP contribution in [0.1, 0.15) is 6.42 Å². The van der Waals surface area contributed by atoms with E-state index in [0.717, 1.165) is 39.1 Å². The van der Waals surface area contributed by atoms with Crippen LogP contribution >= 0.6 is 0 Å². The van der Waals surface area contributed by atoms with Crippen LogP contribution in [0.2, 0.25) is 0 Å². The Kier molecular flexibility index (Phi) is 5.36. The average Bonchev–Trinajstić information content (AvgIpc) is 2.67. The predicted molar refractivity (Wildman–Crippen MR) is 77.2 cm³/mol. The number of rotatable bonds is 5. The van der Waals surface area contributed by atoms with Crippen LogP contribution in [-0.4, -0.2) is 52.6 Å². The Bertz CT molecular complexity index is 508. The molecule has 1 aromatic carbocycles. The van der Waals surface area contributed by atoms with E-state index in [1.807, 2.05) is 0 Å². The van der Waals surface area contributed by atoms with Gasteiger partial charge in [-0.1, -0.05) is 0 Å². The topological polar surface area (TPSA) is 84.7 Å². The van der Waals surface area contributed by atoms with Crippen LogP contribution in [0, 0.1) is 0 Å². The van der Waals surface area contributed by atoms with E-state index in [2.05, 4.69) is 10.2 Å². The van der Waals surface area contributed by atoms with Gasteiger partial charge in [0.05, 0.1) is 4.90 Å². The van der Waals surface area contributed by atoms with Crippen LogP contribution < -0.4 is 15.2 Å². The SMILES string of the molecule is NS(=O)(=O)c1ccc(OCCN2CCCNCC2)cc1. The highest BCUT2D eigenvalue weighted by Crippen LogP contribution is 2.14. The number of nitrogens with zero attached hydrogens (tertiary/aromatic N) is 1. The van der Waals surface area contributed by atoms with Gasteiger partial charge in [0.25, 0.3) is 0 Å². The van der Waals surface area contributed by atoms with Crippen LogP contribution in [-0.2, 0) is 10.0 Å². The zero-order valence-electron chi connectivity index (χ0n) is 11.4. The number of nitrogens with one attached hydrogen (secondary N) is 1. The highest BCUT2D eigenvalue weighted by atomic mass is 32.2. The molecule has 0 amide bonds. The highest BCUT2D eigenvalue weighted by Gasteiger charge is 2.09. The molecule has 0 bridgehead atoms. The molecule has 6 nitrogen and oxygen atoms in total. The van der Waals surface area contributed by atoms with Gasteiger partial charge in [0.1, 0.15) is 12.4 Å². The summed E-state index contributed by atoms with van der Waals surface area (Å²) in [6, 6.07) is 6.18. The predicted octanol–water partition coefficient (Wildman–Crippen LogP) is 0.00810. The summed E-state index contributed by atoms with van der Waals surface area (Å²) >= 11 is 0. The summed E-state index contributed by atoms with van der Waals surface area (Å²) in [7, 11) is -3.63. The fraction of sp³-hybridized carbons (Fsp3) is 0.538. The molecule has 1 fully saturated rings. The van der Waals surface area contributed by atoms with E-state index in [-0.39, 0.29) is 4.90 Å². The molecule has 0 spiro atoms. The molecular formula is C13H21N3O3S. The van der Waals surface area contributed by atoms with E-state index < -0.39 is 10.0 Å². The number of ether oxygens (including phenoxy) is 1. The molecular weight excluding hydrogens is 278 g/mol. The number of sulfonamides is 1. The molecule has 1 aromatic rings. The van der Waals surface area contributed by atoms with E-state index in [9.17, 15) is 8.42 Å². The molecule has 2 rings (SSSR count). The summed E-state index contributed by atoms with van der Waals surface area (Å²) < 4.78 is 27.9. The molecule has 3 N–H and O–H groups in total. The third kappa shape index (κ3) is 4.75. The van der Waals surface area contributed by atoms with Gasteiger partial charge in [0, 0.05) is 19.6 Å². The maximum Gasteiger partial charge on any atom is 0.238 e. The summed E-state index contributed by atoms with van der Waals surface area (Å²) in [6.07, 6.45) is 1.16. The lowest BCUT2D eigenvalue weighted by molar-refractivity contribution is 0.217. The van der Waals surface area contributed by atoms with Crippen molar-refractivity contribution >= 4 is 10.0 Å². The quantitative estimate of drug-likeness (QED) is 0.800. The van der Waals surface area contributed by atoms with Crippen molar-refractivity contribution < 1.29 is 13.2 Å². The first kappa shape index (κ1) is 15.2. The minimum Gasteiger partial charge on any atom is -0.492 e. The maximum atomic E-state index is 11.1. The fourth-order valence-corrected chi connectivity index (χ4v) is 2.66. The second kappa shape index (κ2) is 7.03. The van der Waals surface area contributed by atoms with Crippen molar-refractivity contribution in [2.24, 2.45) is 5.14 Å². The van der Waals surface area contributed by atoms with Gasteiger partial charge < -0.3 is 10.1 Å². The van der Waals surface area contributed by atoms with Crippen molar-refractivity contribution in [2.45, 2.75) is 11.3 Å². The lowest BCUT2D eigenvalue weighted by Crippen LogP contribution is -2.31. The summed E-state index contributed by atoms with van der Waals surface area (Å²) in [6.45, 7) is 5.68. The van der Waals surface area contributed by atoms with Gasteiger partial charge in [-0.25, -0.2) is 13.6 Å². The van der Waals surface area contributed by atoms with Crippen LogP contribution in [0.3, 0.4) is 0 Å². The van der Waals surface area contributed by atoms with Gasteiger partial charge >= 0.3 is 0 Å². The largest absolute Gasteiger partial charge is 0.492 e. The second-order valence-electron chi connectivity index (χ2n) is 4.81. The van der Waals surface area contributed by atoms with Gasteiger partial charge in [0.15, 0.2) is 0 Å². The molecule has 1 aliphatic rings. The number of hydrogen-bond acceptors (Lipinski definition) is 5. The van der Waals surface area contributed by atoms with Gasteiger partial charge in [-0.3, -0.25) is 4.90 Å². The van der Waals surface area contributed by atoms with E-state index in [1.54, 1.807) is 12.1 Å². The Labute approximate surface area is 120 Å². The van der Waals surface area contributed by atoms with Gasteiger partial charge in [0.2, 0.25) is 10.0 Å². The van der Waals surface area contributed by atoms with Crippen molar-refractivity contribution in [2.75, 3.05) is 39.3 Å². The van der Waals surface area contributed by atoms with Crippen molar-refractivity contribution in [1.82, 2.24) is 10.2 Å². The Morgan fingerprint density at radius 2 is 1.95 bits per heavy atom. The third-order valence-corrected chi connectivity index (χ3v) is 4.19. The van der Waals surface area contributed by atoms with Gasteiger partial charge in [-0.05, 0) is 43.8 Å². The van der Waals surface area contributed by atoms with Crippen LogP contribution in [0.15, 0.2) is 29.2 Å². The molecule has 0 unspecified atom stereocenters. The summed E-state index contributed by atoms with van der Waals surface area (Å²) in [5.74, 6) is 0.658. The first-order valence-electron chi connectivity index (χ1n) is 6.74. The van der Waals surface area contributed by atoms with E-state index in [4.69, 9.17) is 9.88 Å². The van der Waals surface area contributed by atoms with Crippen molar-refractivity contribution in [1.29, 1.82) is 0 Å². The molecule has 20 heavy (non-hydrogen) atoms. The average molecular weight is 299 g/mol. The Hall–Kier alpha value is -1.15. The number of primary sulfonamides is 1. The molecule has 0 saturated carbocycles. The maximum absolute atomic E-state index is 11.1. The third-order valence-electron chi connectivity index (χ3n) is 3.26. The number of benzene rings is 1. The Morgan fingerprint density at radius 1 is 1.20 bits per heavy atom. The first-order valence-corrected chi connectivity index (χ1v) is 8.29. The minimum absolute atomic E-state index is 0.100. The molecule has 0 aromatic heterocycles. The molecule has 1 heterocycles. The molecule has 7 heteroatoms. The van der Waals surface area contributed by atoms with Crippen LogP contribution in [0.5, 0.6) is 5.75 Å². The fourth-order valence-electron chi connectivity index (χ4n) is 2.14. The van der Waals surface area contributed by atoms with Gasteiger partial charge in [-0.15, -0.1) is 0 Å². The summed E-state index contributed by atoms with van der Waals surface area (Å²) in [5, 5.41) is 8.39. The smallest absolute Gasteiger partial charge is 0.238 e. The van der Waals surface area contributed by atoms with Crippen LogP contribution in [0.25, 0.3) is 0 Å². The Balaban J connectivity index is 1.79. The lowest BCUT2D eigenvalue weighted by atomic mass is 10.3. The second-order valence-corrected chi connectivity index (χ2v) is 6.37. The first-order chi connectivity index (χ1) is 9.55. The molecule has 1 aliphatic heterocycles. The highest BCUT2D eigenvalue weighted by molar-refractivity contribution is 7.89. The molecule has 0 atom stereocenters. The number of nitrogens with two attached hydrogens (primary N) is 1. The summed E-state index contributed by atoms with van der Waals surface area (Å²) in [5.41, 5.74) is 0. The van der Waals surface area contributed by atoms with Crippen molar-refractivity contribution in [3.63, 3.8) is 0 Å². The standard InChI is InChI=1S/C13H21N3O3S/c14-20(17,18)13-4-2-12(3-5-13)19-11-10-16-8-1-6-15-7-9-16/h2-5,15H,1,6-11H2,(H2,14,17,18). The zero-order valence-corrected chi connectivity index (χ0v) is 12.2. The molecule has 112 valence electrons. The van der Waals surface area contributed by atoms with Crippen LogP contribution in [0.4, 0.5) is 0 Å². The molecule has 1 saturated heterocycles.